The van der Waals surface area contributed by atoms with Crippen molar-refractivity contribution < 1.29 is 14.3 Å². The SMILES string of the molecule is CC(C)OCCCNC(=O)CNC(=O)C(C)(C)C. The highest BCUT2D eigenvalue weighted by molar-refractivity contribution is 5.87. The van der Waals surface area contributed by atoms with E-state index < -0.39 is 5.41 Å². The Balaban J connectivity index is 3.58. The first kappa shape index (κ1) is 16.9. The largest absolute Gasteiger partial charge is 0.379 e. The van der Waals surface area contributed by atoms with Crippen LogP contribution in [0.4, 0.5) is 0 Å². The van der Waals surface area contributed by atoms with E-state index in [0.717, 1.165) is 6.42 Å². The van der Waals surface area contributed by atoms with Gasteiger partial charge in [-0.15, -0.1) is 0 Å². The minimum absolute atomic E-state index is 0.0289. The van der Waals surface area contributed by atoms with Gasteiger partial charge in [0.1, 0.15) is 0 Å². The Labute approximate surface area is 110 Å². The Hall–Kier alpha value is -1.10. The first-order chi connectivity index (χ1) is 8.23. The summed E-state index contributed by atoms with van der Waals surface area (Å²) >= 11 is 0. The second-order valence-electron chi connectivity index (χ2n) is 5.56. The van der Waals surface area contributed by atoms with Crippen molar-refractivity contribution in [3.8, 4) is 0 Å². The van der Waals surface area contributed by atoms with E-state index in [1.807, 2.05) is 34.6 Å². The third-order valence-electron chi connectivity index (χ3n) is 2.19. The van der Waals surface area contributed by atoms with Gasteiger partial charge in [-0.3, -0.25) is 9.59 Å². The van der Waals surface area contributed by atoms with Gasteiger partial charge in [-0.25, -0.2) is 0 Å². The highest BCUT2D eigenvalue weighted by Crippen LogP contribution is 2.11. The Morgan fingerprint density at radius 1 is 1.17 bits per heavy atom. The van der Waals surface area contributed by atoms with E-state index >= 15 is 0 Å². The van der Waals surface area contributed by atoms with E-state index in [4.69, 9.17) is 4.74 Å². The van der Waals surface area contributed by atoms with Crippen molar-refractivity contribution in [2.45, 2.75) is 47.1 Å². The van der Waals surface area contributed by atoms with E-state index in [1.165, 1.54) is 0 Å². The molecule has 0 aromatic rings. The van der Waals surface area contributed by atoms with Crippen LogP contribution in [0.2, 0.25) is 0 Å². The number of amides is 2. The van der Waals surface area contributed by atoms with Gasteiger partial charge in [-0.2, -0.15) is 0 Å². The van der Waals surface area contributed by atoms with Gasteiger partial charge in [0.25, 0.3) is 0 Å². The molecule has 0 atom stereocenters. The predicted octanol–water partition coefficient (Wildman–Crippen LogP) is 1.08. The van der Waals surface area contributed by atoms with Gasteiger partial charge in [0.05, 0.1) is 12.6 Å². The summed E-state index contributed by atoms with van der Waals surface area (Å²) < 4.78 is 5.35. The minimum Gasteiger partial charge on any atom is -0.379 e. The van der Waals surface area contributed by atoms with Crippen LogP contribution in [0.5, 0.6) is 0 Å². The second kappa shape index (κ2) is 8.08. The van der Waals surface area contributed by atoms with Crippen molar-refractivity contribution in [2.24, 2.45) is 5.41 Å². The van der Waals surface area contributed by atoms with Gasteiger partial charge in [-0.1, -0.05) is 20.8 Å². The maximum atomic E-state index is 11.5. The molecule has 18 heavy (non-hydrogen) atoms. The van der Waals surface area contributed by atoms with Crippen LogP contribution in [0.1, 0.15) is 41.0 Å². The van der Waals surface area contributed by atoms with Crippen molar-refractivity contribution in [3.05, 3.63) is 0 Å². The quantitative estimate of drug-likeness (QED) is 0.671. The summed E-state index contributed by atoms with van der Waals surface area (Å²) in [5, 5.41) is 5.33. The van der Waals surface area contributed by atoms with E-state index in [2.05, 4.69) is 10.6 Å². The molecule has 0 fully saturated rings. The molecule has 2 amide bonds. The Morgan fingerprint density at radius 2 is 1.78 bits per heavy atom. The second-order valence-corrected chi connectivity index (χ2v) is 5.56. The lowest BCUT2D eigenvalue weighted by atomic mass is 9.96. The third-order valence-corrected chi connectivity index (χ3v) is 2.19. The maximum absolute atomic E-state index is 11.5. The lowest BCUT2D eigenvalue weighted by molar-refractivity contribution is -0.131. The van der Waals surface area contributed by atoms with Gasteiger partial charge in [-0.05, 0) is 20.3 Å². The zero-order valence-corrected chi connectivity index (χ0v) is 12.1. The number of ether oxygens (including phenoxy) is 1. The lowest BCUT2D eigenvalue weighted by Gasteiger charge is -2.17. The van der Waals surface area contributed by atoms with E-state index in [1.54, 1.807) is 0 Å². The zero-order chi connectivity index (χ0) is 14.2. The monoisotopic (exact) mass is 258 g/mol. The van der Waals surface area contributed by atoms with Crippen LogP contribution in [0, 0.1) is 5.41 Å². The number of rotatable bonds is 7. The van der Waals surface area contributed by atoms with Crippen LogP contribution >= 0.6 is 0 Å². The van der Waals surface area contributed by atoms with Crippen molar-refractivity contribution in [1.82, 2.24) is 10.6 Å². The summed E-state index contributed by atoms with van der Waals surface area (Å²) in [6.07, 6.45) is 0.990. The number of hydrogen-bond donors (Lipinski definition) is 2. The van der Waals surface area contributed by atoms with Crippen LogP contribution in [0.15, 0.2) is 0 Å². The molecule has 0 heterocycles. The maximum Gasteiger partial charge on any atom is 0.239 e. The van der Waals surface area contributed by atoms with Crippen LogP contribution < -0.4 is 10.6 Å². The number of hydrogen-bond acceptors (Lipinski definition) is 3. The number of carbonyl (C=O) groups excluding carboxylic acids is 2. The number of carbonyl (C=O) groups is 2. The molecule has 0 aliphatic heterocycles. The van der Waals surface area contributed by atoms with Crippen LogP contribution in [0.25, 0.3) is 0 Å². The first-order valence-electron chi connectivity index (χ1n) is 6.40. The third kappa shape index (κ3) is 8.98. The molecule has 0 rings (SSSR count). The van der Waals surface area contributed by atoms with Gasteiger partial charge < -0.3 is 15.4 Å². The van der Waals surface area contributed by atoms with Gasteiger partial charge in [0, 0.05) is 18.6 Å². The summed E-state index contributed by atoms with van der Waals surface area (Å²) in [6, 6.07) is 0. The van der Waals surface area contributed by atoms with Crippen molar-refractivity contribution in [3.63, 3.8) is 0 Å². The van der Waals surface area contributed by atoms with Gasteiger partial charge >= 0.3 is 0 Å². The fourth-order valence-corrected chi connectivity index (χ4v) is 1.11. The fourth-order valence-electron chi connectivity index (χ4n) is 1.11. The molecule has 0 aliphatic carbocycles. The average molecular weight is 258 g/mol. The zero-order valence-electron chi connectivity index (χ0n) is 12.1. The summed E-state index contributed by atoms with van der Waals surface area (Å²) in [4.78, 5) is 22.9. The molecule has 5 heteroatoms. The molecular formula is C13H26N2O3. The molecule has 0 aliphatic rings. The Morgan fingerprint density at radius 3 is 2.28 bits per heavy atom. The summed E-state index contributed by atoms with van der Waals surface area (Å²) in [6.45, 7) is 10.6. The Bertz CT molecular complexity index is 270. The van der Waals surface area contributed by atoms with Crippen molar-refractivity contribution in [2.75, 3.05) is 19.7 Å². The minimum atomic E-state index is -0.467. The predicted molar refractivity (Wildman–Crippen MR) is 71.2 cm³/mol. The molecule has 0 radical (unpaired) electrons. The molecule has 0 spiro atoms. The molecule has 2 N–H and O–H groups in total. The highest BCUT2D eigenvalue weighted by Gasteiger charge is 2.21. The Kier molecular flexibility index (Phi) is 7.59. The topological polar surface area (TPSA) is 67.4 Å². The molecule has 0 aromatic heterocycles. The summed E-state index contributed by atoms with van der Waals surface area (Å²) in [5.41, 5.74) is -0.467. The van der Waals surface area contributed by atoms with Crippen LogP contribution in [-0.4, -0.2) is 37.6 Å². The molecule has 106 valence electrons. The van der Waals surface area contributed by atoms with E-state index in [-0.39, 0.29) is 24.5 Å². The molecule has 0 saturated carbocycles. The summed E-state index contributed by atoms with van der Waals surface area (Å²) in [7, 11) is 0. The van der Waals surface area contributed by atoms with Crippen molar-refractivity contribution >= 4 is 11.8 Å². The summed E-state index contributed by atoms with van der Waals surface area (Å²) in [5.74, 6) is -0.294. The van der Waals surface area contributed by atoms with Gasteiger partial charge in [0.15, 0.2) is 0 Å². The molecule has 0 unspecified atom stereocenters. The molecular weight excluding hydrogens is 232 g/mol. The van der Waals surface area contributed by atoms with Crippen molar-refractivity contribution in [1.29, 1.82) is 0 Å². The van der Waals surface area contributed by atoms with Crippen LogP contribution in [0.3, 0.4) is 0 Å². The molecule has 0 bridgehead atoms. The molecule has 5 nitrogen and oxygen atoms in total. The van der Waals surface area contributed by atoms with Gasteiger partial charge in [0.2, 0.25) is 11.8 Å². The lowest BCUT2D eigenvalue weighted by Crippen LogP contribution is -2.42. The number of nitrogens with one attached hydrogen (secondary N) is 2. The first-order valence-corrected chi connectivity index (χ1v) is 6.40. The standard InChI is InChI=1S/C13H26N2O3/c1-10(2)18-8-6-7-14-11(16)9-15-12(17)13(3,4)5/h10H,6-9H2,1-5H3,(H,14,16)(H,15,17). The smallest absolute Gasteiger partial charge is 0.239 e. The van der Waals surface area contributed by atoms with E-state index in [9.17, 15) is 9.59 Å². The normalized spacial score (nSPS) is 11.4. The van der Waals surface area contributed by atoms with E-state index in [0.29, 0.717) is 13.2 Å². The average Bonchev–Trinajstić information content (AvgIpc) is 2.23. The molecule has 0 saturated heterocycles. The van der Waals surface area contributed by atoms with Crippen LogP contribution in [-0.2, 0) is 14.3 Å². The fraction of sp³-hybridized carbons (Fsp3) is 0.846. The highest BCUT2D eigenvalue weighted by atomic mass is 16.5. The molecule has 0 aromatic carbocycles.